The van der Waals surface area contributed by atoms with Gasteiger partial charge in [0, 0.05) is 24.9 Å². The highest BCUT2D eigenvalue weighted by atomic mass is 32.2. The Bertz CT molecular complexity index is 620. The van der Waals surface area contributed by atoms with Gasteiger partial charge in [0.15, 0.2) is 5.70 Å². The molecular weight excluding hydrogens is 272 g/mol. The van der Waals surface area contributed by atoms with Gasteiger partial charge in [0.2, 0.25) is 5.90 Å². The highest BCUT2D eigenvalue weighted by Crippen LogP contribution is 2.26. The van der Waals surface area contributed by atoms with E-state index in [4.69, 9.17) is 4.74 Å². The molecule has 3 rings (SSSR count). The van der Waals surface area contributed by atoms with E-state index in [2.05, 4.69) is 9.89 Å². The molecule has 1 aromatic carbocycles. The van der Waals surface area contributed by atoms with Gasteiger partial charge in [-0.2, -0.15) is 0 Å². The third-order valence-electron chi connectivity index (χ3n) is 3.08. The Morgan fingerprint density at radius 2 is 2.10 bits per heavy atom. The Morgan fingerprint density at radius 3 is 2.80 bits per heavy atom. The van der Waals surface area contributed by atoms with Crippen LogP contribution in [-0.2, 0) is 9.53 Å². The van der Waals surface area contributed by atoms with Crippen molar-refractivity contribution in [3.05, 3.63) is 58.8 Å². The van der Waals surface area contributed by atoms with E-state index in [1.54, 1.807) is 17.8 Å². The number of aliphatic imine (C=N–C) groups is 1. The van der Waals surface area contributed by atoms with Crippen LogP contribution in [0, 0.1) is 0 Å². The highest BCUT2D eigenvalue weighted by Gasteiger charge is 2.23. The Labute approximate surface area is 121 Å². The van der Waals surface area contributed by atoms with Crippen molar-refractivity contribution in [3.8, 4) is 0 Å². The number of hydrogen-bond donors (Lipinski definition) is 0. The number of benzene rings is 1. The third kappa shape index (κ3) is 2.63. The Balaban J connectivity index is 1.84. The number of thioether (sulfide) groups is 1. The van der Waals surface area contributed by atoms with E-state index >= 15 is 0 Å². The molecule has 0 spiro atoms. The van der Waals surface area contributed by atoms with Gasteiger partial charge in [-0.05, 0) is 24.3 Å². The van der Waals surface area contributed by atoms with Gasteiger partial charge in [-0.1, -0.05) is 18.2 Å². The molecule has 1 saturated heterocycles. The number of nitrogens with zero attached hydrogens (tertiary/aromatic N) is 2. The van der Waals surface area contributed by atoms with Crippen molar-refractivity contribution in [1.82, 2.24) is 4.90 Å². The topological polar surface area (TPSA) is 41.9 Å². The molecule has 1 aromatic rings. The molecule has 0 amide bonds. The number of rotatable bonds is 2. The number of carbonyl (C=O) groups excluding carboxylic acids is 1. The van der Waals surface area contributed by atoms with E-state index in [1.165, 1.54) is 0 Å². The predicted octanol–water partition coefficient (Wildman–Crippen LogP) is 2.39. The zero-order valence-corrected chi connectivity index (χ0v) is 11.9. The largest absolute Gasteiger partial charge is 0.402 e. The second-order valence-electron chi connectivity index (χ2n) is 4.50. The van der Waals surface area contributed by atoms with Gasteiger partial charge in [0.25, 0.3) is 0 Å². The van der Waals surface area contributed by atoms with E-state index in [0.29, 0.717) is 11.6 Å². The minimum Gasteiger partial charge on any atom is -0.402 e. The monoisotopic (exact) mass is 286 g/mol. The summed E-state index contributed by atoms with van der Waals surface area (Å²) in [5.74, 6) is 1.05. The summed E-state index contributed by atoms with van der Waals surface area (Å²) in [6.07, 6.45) is 3.65. The molecule has 2 aliphatic rings. The summed E-state index contributed by atoms with van der Waals surface area (Å²) in [5.41, 5.74) is 1.15. The van der Waals surface area contributed by atoms with E-state index in [9.17, 15) is 4.79 Å². The van der Waals surface area contributed by atoms with Crippen LogP contribution in [0.3, 0.4) is 0 Å². The average molecular weight is 286 g/mol. The normalized spacial score (nSPS) is 22.6. The summed E-state index contributed by atoms with van der Waals surface area (Å²) in [4.78, 5) is 18.2. The van der Waals surface area contributed by atoms with Gasteiger partial charge in [-0.3, -0.25) is 0 Å². The lowest BCUT2D eigenvalue weighted by atomic mass is 10.2. The molecule has 0 unspecified atom stereocenters. The van der Waals surface area contributed by atoms with Crippen LogP contribution in [0.15, 0.2) is 58.2 Å². The summed E-state index contributed by atoms with van der Waals surface area (Å²) in [7, 11) is 2.04. The third-order valence-corrected chi connectivity index (χ3v) is 4.21. The van der Waals surface area contributed by atoms with Crippen LogP contribution in [0.5, 0.6) is 0 Å². The van der Waals surface area contributed by atoms with E-state index in [1.807, 2.05) is 43.5 Å². The number of allylic oxidation sites excluding steroid dienone is 2. The van der Waals surface area contributed by atoms with Crippen molar-refractivity contribution in [3.63, 3.8) is 0 Å². The van der Waals surface area contributed by atoms with Gasteiger partial charge >= 0.3 is 5.97 Å². The summed E-state index contributed by atoms with van der Waals surface area (Å²) in [5, 5.41) is 1.15. The number of esters is 1. The minimum absolute atomic E-state index is 0.345. The fourth-order valence-electron chi connectivity index (χ4n) is 1.96. The summed E-state index contributed by atoms with van der Waals surface area (Å²) in [6, 6.07) is 9.43. The van der Waals surface area contributed by atoms with Gasteiger partial charge < -0.3 is 9.64 Å². The Kier molecular flexibility index (Phi) is 3.60. The maximum absolute atomic E-state index is 11.8. The highest BCUT2D eigenvalue weighted by molar-refractivity contribution is 8.03. The van der Waals surface area contributed by atoms with Crippen LogP contribution in [-0.4, -0.2) is 36.1 Å². The molecule has 4 nitrogen and oxygen atoms in total. The first-order valence-corrected chi connectivity index (χ1v) is 7.35. The summed E-state index contributed by atoms with van der Waals surface area (Å²) >= 11 is 1.77. The van der Waals surface area contributed by atoms with Gasteiger partial charge in [0.1, 0.15) is 0 Å². The number of cyclic esters (lactones) is 1. The molecule has 2 heterocycles. The molecule has 0 saturated carbocycles. The maximum Gasteiger partial charge on any atom is 0.363 e. The molecule has 0 aliphatic carbocycles. The van der Waals surface area contributed by atoms with Crippen LogP contribution < -0.4 is 0 Å². The molecule has 20 heavy (non-hydrogen) atoms. The zero-order valence-electron chi connectivity index (χ0n) is 11.1. The van der Waals surface area contributed by atoms with Crippen molar-refractivity contribution in [2.75, 3.05) is 19.3 Å². The molecule has 0 aromatic heterocycles. The fraction of sp³-hybridized carbons (Fsp3) is 0.200. The standard InChI is InChI=1S/C15H14N2O2S/c1-17-9-10-20-13(17)8-7-12-15(18)19-14(16-12)11-5-3-2-4-6-11/h2-8H,9-10H2,1H3. The number of hydrogen-bond acceptors (Lipinski definition) is 5. The van der Waals surface area contributed by atoms with Crippen molar-refractivity contribution >= 4 is 23.6 Å². The van der Waals surface area contributed by atoms with Crippen molar-refractivity contribution < 1.29 is 9.53 Å². The van der Waals surface area contributed by atoms with Crippen LogP contribution in [0.4, 0.5) is 0 Å². The Hall–Kier alpha value is -2.01. The predicted molar refractivity (Wildman–Crippen MR) is 80.3 cm³/mol. The van der Waals surface area contributed by atoms with Crippen LogP contribution >= 0.6 is 11.8 Å². The SMILES string of the molecule is CN1CCSC1=CC=C1N=C(c2ccccc2)OC1=O. The first kappa shape index (κ1) is 13.0. The molecule has 0 N–H and O–H groups in total. The second-order valence-corrected chi connectivity index (χ2v) is 5.61. The molecule has 2 aliphatic heterocycles. The lowest BCUT2D eigenvalue weighted by Gasteiger charge is -2.09. The fourth-order valence-corrected chi connectivity index (χ4v) is 3.01. The summed E-state index contributed by atoms with van der Waals surface area (Å²) < 4.78 is 5.20. The molecular formula is C15H14N2O2S. The van der Waals surface area contributed by atoms with Crippen molar-refractivity contribution in [2.45, 2.75) is 0 Å². The van der Waals surface area contributed by atoms with Crippen molar-refractivity contribution in [2.24, 2.45) is 4.99 Å². The number of carbonyl (C=O) groups is 1. The zero-order chi connectivity index (χ0) is 13.9. The first-order chi connectivity index (χ1) is 9.74. The lowest BCUT2D eigenvalue weighted by Crippen LogP contribution is -2.10. The van der Waals surface area contributed by atoms with Crippen LogP contribution in [0.1, 0.15) is 5.56 Å². The van der Waals surface area contributed by atoms with Gasteiger partial charge in [-0.25, -0.2) is 9.79 Å². The molecule has 102 valence electrons. The first-order valence-electron chi connectivity index (χ1n) is 6.36. The molecule has 0 radical (unpaired) electrons. The van der Waals surface area contributed by atoms with Crippen molar-refractivity contribution in [1.29, 1.82) is 0 Å². The quantitative estimate of drug-likeness (QED) is 0.618. The molecule has 5 heteroatoms. The number of ether oxygens (including phenoxy) is 1. The van der Waals surface area contributed by atoms with E-state index in [0.717, 1.165) is 22.9 Å². The minimum atomic E-state index is -0.397. The Morgan fingerprint density at radius 1 is 1.30 bits per heavy atom. The molecule has 0 bridgehead atoms. The van der Waals surface area contributed by atoms with Gasteiger partial charge in [-0.15, -0.1) is 11.8 Å². The molecule has 0 atom stereocenters. The smallest absolute Gasteiger partial charge is 0.363 e. The van der Waals surface area contributed by atoms with Crippen LogP contribution in [0.25, 0.3) is 0 Å². The molecule has 1 fully saturated rings. The van der Waals surface area contributed by atoms with Gasteiger partial charge in [0.05, 0.1) is 5.03 Å². The van der Waals surface area contributed by atoms with Crippen LogP contribution in [0.2, 0.25) is 0 Å². The lowest BCUT2D eigenvalue weighted by molar-refractivity contribution is -0.130. The van der Waals surface area contributed by atoms with E-state index < -0.39 is 5.97 Å². The average Bonchev–Trinajstić information content (AvgIpc) is 3.04. The van der Waals surface area contributed by atoms with E-state index in [-0.39, 0.29) is 0 Å². The summed E-state index contributed by atoms with van der Waals surface area (Å²) in [6.45, 7) is 1.03. The maximum atomic E-state index is 11.8. The second kappa shape index (κ2) is 5.54.